The van der Waals surface area contributed by atoms with E-state index in [0.29, 0.717) is 91.9 Å². The molecule has 119 heavy (non-hydrogen) atoms. The van der Waals surface area contributed by atoms with E-state index < -0.39 is 17.8 Å². The molecule has 8 N–H and O–H groups in total. The average Bonchev–Trinajstić information content (AvgIpc) is 0.804. The third-order valence-corrected chi connectivity index (χ3v) is 18.1. The smallest absolute Gasteiger partial charge is 0.340 e. The molecule has 8 aromatic heterocycles. The zero-order valence-corrected chi connectivity index (χ0v) is 67.9. The predicted octanol–water partition coefficient (Wildman–Crippen LogP) is 17.5. The summed E-state index contributed by atoms with van der Waals surface area (Å²) in [6, 6.07) is 88.9. The van der Waals surface area contributed by atoms with Crippen molar-refractivity contribution in [2.45, 2.75) is 45.3 Å². The van der Waals surface area contributed by atoms with Crippen LogP contribution in [0.2, 0.25) is 5.15 Å². The number of nitrogen functional groups attached to an aromatic ring is 1. The van der Waals surface area contributed by atoms with Crippen LogP contribution in [0.25, 0.3) is 32.7 Å². The van der Waals surface area contributed by atoms with Gasteiger partial charge in [0, 0.05) is 121 Å². The highest BCUT2D eigenvalue weighted by Gasteiger charge is 2.16. The Balaban J connectivity index is 0.000000165. The molecule has 26 heteroatoms. The molecule has 16 aromatic rings. The molecule has 0 unspecified atom stereocenters. The van der Waals surface area contributed by atoms with E-state index >= 15 is 0 Å². The van der Waals surface area contributed by atoms with Crippen LogP contribution in [0.15, 0.2) is 321 Å². The van der Waals surface area contributed by atoms with Crippen molar-refractivity contribution in [3.63, 3.8) is 0 Å². The zero-order chi connectivity index (χ0) is 83.1. The third kappa shape index (κ3) is 27.8. The Morgan fingerprint density at radius 2 is 0.748 bits per heavy atom. The van der Waals surface area contributed by atoms with Gasteiger partial charge in [-0.15, -0.1) is 12.4 Å². The maximum atomic E-state index is 12.0. The Kier molecular flexibility index (Phi) is 35.1. The number of nitrogens with zero attached hydrogens (tertiary/aromatic N) is 13. The molecule has 0 bridgehead atoms. The number of nitriles is 2. The first kappa shape index (κ1) is 88.3. The molecule has 0 fully saturated rings. The van der Waals surface area contributed by atoms with E-state index in [1.807, 2.05) is 170 Å². The number of hydrogen-bond donors (Lipinski definition) is 5. The van der Waals surface area contributed by atoms with Crippen molar-refractivity contribution in [2.75, 3.05) is 30.6 Å². The molecular weight excluding hydrogens is 1600 g/mol. The molecule has 0 aliphatic carbocycles. The Morgan fingerprint density at radius 1 is 0.395 bits per heavy atom. The molecule has 0 saturated heterocycles. The highest BCUT2D eigenvalue weighted by Crippen LogP contribution is 2.27. The van der Waals surface area contributed by atoms with Crippen LogP contribution in [-0.4, -0.2) is 86.9 Å². The fraction of sp³-hybridized carbons (Fsp3) is 0.0968. The van der Waals surface area contributed by atoms with Crippen LogP contribution in [0, 0.1) is 22.7 Å². The van der Waals surface area contributed by atoms with Gasteiger partial charge >= 0.3 is 11.9 Å². The fourth-order valence-electron chi connectivity index (χ4n) is 11.7. The number of amides is 1. The Bertz CT molecular complexity index is 6050. The van der Waals surface area contributed by atoms with E-state index in [9.17, 15) is 14.4 Å². The summed E-state index contributed by atoms with van der Waals surface area (Å²) in [5.74, 6) is -0.00516. The van der Waals surface area contributed by atoms with Crippen molar-refractivity contribution in [3.8, 4) is 12.1 Å². The summed E-state index contributed by atoms with van der Waals surface area (Å²) in [6.07, 6.45) is 16.4. The first-order valence-electron chi connectivity index (χ1n) is 36.8. The minimum Gasteiger partial charge on any atom is -0.465 e. The minimum absolute atomic E-state index is 0. The number of benzene rings is 8. The summed E-state index contributed by atoms with van der Waals surface area (Å²) in [7, 11) is 2.68. The van der Waals surface area contributed by atoms with E-state index in [-0.39, 0.29) is 12.4 Å². The number of primary amides is 1. The lowest BCUT2D eigenvalue weighted by atomic mass is 10.1. The average molecular weight is 1680 g/mol. The quantitative estimate of drug-likeness (QED) is 0.0230. The molecule has 16 rings (SSSR count). The first-order valence-corrected chi connectivity index (χ1v) is 38.0. The number of para-hydroxylation sites is 3. The Morgan fingerprint density at radius 3 is 1.13 bits per heavy atom. The lowest BCUT2D eigenvalue weighted by Crippen LogP contribution is -2.12. The van der Waals surface area contributed by atoms with Crippen molar-refractivity contribution in [2.24, 2.45) is 11.5 Å². The van der Waals surface area contributed by atoms with Crippen LogP contribution in [0.3, 0.4) is 0 Å². The van der Waals surface area contributed by atoms with E-state index in [0.717, 1.165) is 80.5 Å². The fourth-order valence-corrected chi connectivity index (χ4v) is 12.2. The van der Waals surface area contributed by atoms with Crippen molar-refractivity contribution < 1.29 is 23.9 Å². The maximum Gasteiger partial charge on any atom is 0.340 e. The zero-order valence-electron chi connectivity index (χ0n) is 64.7. The highest BCUT2D eigenvalue weighted by molar-refractivity contribution is 9.10. The number of methoxy groups -OCH3 is 2. The largest absolute Gasteiger partial charge is 0.465 e. The molecule has 0 spiro atoms. The van der Waals surface area contributed by atoms with Crippen LogP contribution in [-0.2, 0) is 54.8 Å². The number of ether oxygens (including phenoxy) is 2. The van der Waals surface area contributed by atoms with E-state index in [1.165, 1.54) is 55.5 Å². The summed E-state index contributed by atoms with van der Waals surface area (Å²) in [4.78, 5) is 81.3. The monoisotopic (exact) mass is 1680 g/mol. The molecule has 0 radical (unpaired) electrons. The highest BCUT2D eigenvalue weighted by atomic mass is 79.9. The van der Waals surface area contributed by atoms with E-state index in [4.69, 9.17) is 44.1 Å². The number of carbonyl (C=O) groups excluding carboxylic acids is 3. The summed E-state index contributed by atoms with van der Waals surface area (Å²) < 4.78 is 10.4. The molecule has 0 aliphatic heterocycles. The van der Waals surface area contributed by atoms with Crippen molar-refractivity contribution in [1.82, 2.24) is 54.8 Å². The summed E-state index contributed by atoms with van der Waals surface area (Å²) in [5, 5.41) is 26.3. The lowest BCUT2D eigenvalue weighted by Gasteiger charge is -2.11. The van der Waals surface area contributed by atoms with Crippen LogP contribution < -0.4 is 27.8 Å². The second-order valence-electron chi connectivity index (χ2n) is 25.6. The maximum absolute atomic E-state index is 12.0. The second kappa shape index (κ2) is 47.3. The first-order chi connectivity index (χ1) is 57.7. The van der Waals surface area contributed by atoms with Crippen LogP contribution in [0.4, 0.5) is 17.3 Å². The number of rotatable bonds is 18. The predicted molar refractivity (Wildman–Crippen MR) is 471 cm³/mol. The van der Waals surface area contributed by atoms with Crippen molar-refractivity contribution >= 4 is 108 Å². The van der Waals surface area contributed by atoms with Gasteiger partial charge in [-0.2, -0.15) is 10.5 Å². The summed E-state index contributed by atoms with van der Waals surface area (Å²) >= 11 is 9.07. The van der Waals surface area contributed by atoms with Gasteiger partial charge in [0.1, 0.15) is 40.4 Å². The van der Waals surface area contributed by atoms with Gasteiger partial charge in [0.15, 0.2) is 0 Å². The van der Waals surface area contributed by atoms with Crippen LogP contribution in [0.1, 0.15) is 104 Å². The lowest BCUT2D eigenvalue weighted by molar-refractivity contribution is 0.0593. The van der Waals surface area contributed by atoms with Gasteiger partial charge in [-0.3, -0.25) is 24.7 Å². The third-order valence-electron chi connectivity index (χ3n) is 17.3. The number of esters is 2. The van der Waals surface area contributed by atoms with Gasteiger partial charge in [-0.25, -0.2) is 44.5 Å². The van der Waals surface area contributed by atoms with Crippen LogP contribution in [0.5, 0.6) is 0 Å². The van der Waals surface area contributed by atoms with Crippen molar-refractivity contribution in [3.05, 3.63) is 416 Å². The molecule has 0 aliphatic rings. The van der Waals surface area contributed by atoms with E-state index in [1.54, 1.807) is 85.3 Å². The molecule has 23 nitrogen and oxygen atoms in total. The molecule has 1 amide bonds. The number of fused-ring (bicyclic) bond motifs is 3. The van der Waals surface area contributed by atoms with Gasteiger partial charge in [0.05, 0.1) is 70.7 Å². The molecule has 8 aromatic carbocycles. The Hall–Kier alpha value is -14.7. The topological polar surface area (TPSA) is 361 Å². The standard InChI is InChI=1S/C23H20N4O2.C22H19N5O.C13H14N2.C13H10N2.C10H7ClN2O2.C7H6N2.C5H4BrN.ClH/c1-29-23(28)20-10-5-9-19-21(20)26-15-27-22(19)25-14-17-7-4-6-16(12-17)13-18-8-2-3-11-24-18;23-21(28)18-8-4-9-19-20(18)26-14-27-22(19)25-13-16-6-3-5-15(11-16)12-17-7-1-2-10-24-17;2*14-10-12-5-3-4-11(8-12)9-13-6-1-2-7-15-13;1-15-10(14)7-4-2-3-6-8(7)12-5-13-9(6)11;8-5-6-2-1-3-7(9)4-6;6-5-3-1-2-4-7-5;/h2-12,15H,13-14H2,1H3,(H,25,26,27);1-11,14H,12-13H2,(H2,23,28)(H,25,26,27);1-8H,9-10,14H2;1-8H,9H2;2-5H,1H3;1-4H,9H2;1-4H;1H. The Labute approximate surface area is 708 Å². The SMILES string of the molecule is Brc1ccccn1.COC(=O)c1cccc2c(Cl)ncnc12.COC(=O)c1cccc2c(NCc3cccc(Cc4ccccn4)c3)ncnc12.Cl.N#Cc1cccc(Cc2ccccn2)c1.N#Cc1cccc(N)c1.NC(=O)c1cccc2c(NCc3cccc(Cc4ccccn4)c3)ncnc12.NCc1cccc(Cc2ccccn2)c1. The number of nitrogens with one attached hydrogen (secondary N) is 2. The number of nitrogens with two attached hydrogens (primary N) is 3. The van der Waals surface area contributed by atoms with Gasteiger partial charge in [0.2, 0.25) is 0 Å². The van der Waals surface area contributed by atoms with Crippen LogP contribution >= 0.6 is 39.9 Å². The molecular formula is C93H81BrCl2N18O5. The van der Waals surface area contributed by atoms with Gasteiger partial charge in [0.25, 0.3) is 5.91 Å². The second-order valence-corrected chi connectivity index (χ2v) is 26.8. The minimum atomic E-state index is -0.502. The normalized spacial score (nSPS) is 10.0. The number of halogens is 3. The number of anilines is 3. The number of carbonyl (C=O) groups is 3. The number of aromatic nitrogens is 11. The molecule has 8 heterocycles. The molecule has 0 atom stereocenters. The molecule has 0 saturated carbocycles. The molecule has 594 valence electrons. The number of hydrogen-bond acceptors (Lipinski definition) is 22. The van der Waals surface area contributed by atoms with Gasteiger partial charge in [-0.1, -0.05) is 151 Å². The van der Waals surface area contributed by atoms with Crippen molar-refractivity contribution in [1.29, 1.82) is 10.5 Å². The van der Waals surface area contributed by atoms with Gasteiger partial charge < -0.3 is 37.3 Å². The summed E-state index contributed by atoms with van der Waals surface area (Å²) in [5.41, 5.74) is 33.6. The summed E-state index contributed by atoms with van der Waals surface area (Å²) in [6.45, 7) is 1.80. The number of pyridine rings is 5. The van der Waals surface area contributed by atoms with Gasteiger partial charge in [-0.05, 0) is 182 Å². The van der Waals surface area contributed by atoms with E-state index in [2.05, 4.69) is 141 Å².